The molecule has 6 aromatic rings. The zero-order valence-corrected chi connectivity index (χ0v) is 33.1. The van der Waals surface area contributed by atoms with Gasteiger partial charge in [0.1, 0.15) is 17.7 Å². The van der Waals surface area contributed by atoms with Gasteiger partial charge < -0.3 is 15.6 Å². The highest BCUT2D eigenvalue weighted by Crippen LogP contribution is 2.42. The summed E-state index contributed by atoms with van der Waals surface area (Å²) in [7, 11) is 0. The number of aromatic nitrogens is 5. The minimum absolute atomic E-state index is 0.102. The van der Waals surface area contributed by atoms with E-state index in [9.17, 15) is 9.59 Å². The molecule has 2 aromatic carbocycles. The Morgan fingerprint density at radius 2 is 1.48 bits per heavy atom. The van der Waals surface area contributed by atoms with E-state index in [4.69, 9.17) is 9.97 Å². The van der Waals surface area contributed by atoms with Crippen LogP contribution in [-0.2, 0) is 6.54 Å². The molecular weight excluding hydrogens is 697 g/mol. The highest BCUT2D eigenvalue weighted by molar-refractivity contribution is 6.00. The lowest BCUT2D eigenvalue weighted by Gasteiger charge is -2.42. The van der Waals surface area contributed by atoms with E-state index in [0.717, 1.165) is 77.8 Å². The Labute approximate surface area is 329 Å². The van der Waals surface area contributed by atoms with E-state index < -0.39 is 0 Å². The van der Waals surface area contributed by atoms with Gasteiger partial charge in [-0.25, -0.2) is 9.97 Å². The van der Waals surface area contributed by atoms with E-state index in [-0.39, 0.29) is 23.9 Å². The third kappa shape index (κ3) is 8.55. The van der Waals surface area contributed by atoms with Crippen molar-refractivity contribution in [1.82, 2.24) is 40.5 Å². The van der Waals surface area contributed by atoms with E-state index in [1.807, 2.05) is 73.9 Å². The van der Waals surface area contributed by atoms with Crippen LogP contribution >= 0.6 is 0 Å². The fraction of sp³-hybridized carbons (Fsp3) is 0.348. The lowest BCUT2D eigenvalue weighted by Crippen LogP contribution is -2.38. The lowest BCUT2D eigenvalue weighted by atomic mass is 9.88. The van der Waals surface area contributed by atoms with Crippen LogP contribution in [0.2, 0.25) is 0 Å². The number of nitrogens with one attached hydrogen (secondary N) is 3. The average Bonchev–Trinajstić information content (AvgIpc) is 3.66. The Hall–Kier alpha value is -5.74. The highest BCUT2D eigenvalue weighted by atomic mass is 16.2. The molecule has 4 aromatic heterocycles. The quantitative estimate of drug-likeness (QED) is 0.101. The number of fused-ring (bicyclic) bond motifs is 1. The van der Waals surface area contributed by atoms with Gasteiger partial charge >= 0.3 is 0 Å². The summed E-state index contributed by atoms with van der Waals surface area (Å²) in [6.07, 6.45) is 10.4. The number of pyridine rings is 2. The first kappa shape index (κ1) is 38.5. The SMILES string of the molecule is Cc1cc(-c2ncnc3[nH]c(C(=O)NCCCCN4[C@@H](c5ncccc5C)CCC[C@H]4c4ncccc4C)cc23)ccc1CNC(=O)c1ccc(C(C)C)cc1. The van der Waals surface area contributed by atoms with Crippen LogP contribution in [0.1, 0.15) is 124 Å². The van der Waals surface area contributed by atoms with Gasteiger partial charge in [-0.1, -0.05) is 50.2 Å². The Balaban J connectivity index is 0.972. The van der Waals surface area contributed by atoms with Crippen LogP contribution in [0.3, 0.4) is 0 Å². The molecule has 1 fully saturated rings. The number of carbonyl (C=O) groups is 2. The van der Waals surface area contributed by atoms with Crippen molar-refractivity contribution in [3.8, 4) is 11.3 Å². The molecule has 0 saturated carbocycles. The molecule has 10 nitrogen and oxygen atoms in total. The minimum Gasteiger partial charge on any atom is -0.351 e. The largest absolute Gasteiger partial charge is 0.351 e. The molecule has 10 heteroatoms. The Morgan fingerprint density at radius 1 is 0.786 bits per heavy atom. The number of amides is 2. The molecule has 0 bridgehead atoms. The second-order valence-electron chi connectivity index (χ2n) is 15.3. The number of nitrogens with zero attached hydrogens (tertiary/aromatic N) is 5. The normalized spacial score (nSPS) is 16.0. The fourth-order valence-corrected chi connectivity index (χ4v) is 7.99. The summed E-state index contributed by atoms with van der Waals surface area (Å²) in [5.74, 6) is 0.144. The fourth-order valence-electron chi connectivity index (χ4n) is 7.99. The Kier molecular flexibility index (Phi) is 12.0. The van der Waals surface area contributed by atoms with Crippen molar-refractivity contribution in [3.63, 3.8) is 0 Å². The number of unbranched alkanes of at least 4 members (excludes halogenated alkanes) is 1. The molecule has 3 N–H and O–H groups in total. The molecule has 56 heavy (non-hydrogen) atoms. The van der Waals surface area contributed by atoms with Crippen molar-refractivity contribution >= 4 is 22.8 Å². The van der Waals surface area contributed by atoms with Gasteiger partial charge in [-0.15, -0.1) is 0 Å². The summed E-state index contributed by atoms with van der Waals surface area (Å²) >= 11 is 0. The first-order chi connectivity index (χ1) is 27.2. The molecule has 288 valence electrons. The maximum absolute atomic E-state index is 13.4. The Morgan fingerprint density at radius 3 is 2.12 bits per heavy atom. The van der Waals surface area contributed by atoms with Gasteiger partial charge in [-0.05, 0) is 130 Å². The second-order valence-corrected chi connectivity index (χ2v) is 15.3. The molecule has 0 radical (unpaired) electrons. The van der Waals surface area contributed by atoms with Crippen LogP contribution in [0.15, 0.2) is 91.5 Å². The first-order valence-electron chi connectivity index (χ1n) is 19.9. The van der Waals surface area contributed by atoms with Gasteiger partial charge in [0.25, 0.3) is 11.8 Å². The predicted molar refractivity (Wildman–Crippen MR) is 221 cm³/mol. The zero-order valence-electron chi connectivity index (χ0n) is 33.1. The number of benzene rings is 2. The standard InChI is InChI=1S/C46H52N8O2/c1-29(2)33-15-17-34(18-16-33)45(55)50-27-36-20-19-35(25-32(36)5)43-37-26-38(53-44(37)52-28-51-43)46(56)49-21-6-7-24-54-39(41-30(3)11-9-22-47-41)13-8-14-40(54)42-31(4)12-10-23-48-42/h9-12,15-20,22-23,25-26,28-29,39-40H,6-8,13-14,21,24,27H2,1-5H3,(H,49,56)(H,50,55)(H,51,52,53)/t39-,40+. The van der Waals surface area contributed by atoms with Crippen molar-refractivity contribution in [2.45, 2.75) is 91.3 Å². The summed E-state index contributed by atoms with van der Waals surface area (Å²) in [5, 5.41) is 6.95. The summed E-state index contributed by atoms with van der Waals surface area (Å²) < 4.78 is 0. The molecule has 1 aliphatic rings. The minimum atomic E-state index is -0.169. The van der Waals surface area contributed by atoms with E-state index in [1.54, 1.807) is 0 Å². The van der Waals surface area contributed by atoms with E-state index in [1.165, 1.54) is 23.0 Å². The molecule has 2 amide bonds. The molecule has 2 atom stereocenters. The monoisotopic (exact) mass is 748 g/mol. The molecule has 0 spiro atoms. The van der Waals surface area contributed by atoms with Crippen LogP contribution in [-0.4, -0.2) is 54.7 Å². The maximum Gasteiger partial charge on any atom is 0.267 e. The van der Waals surface area contributed by atoms with Gasteiger partial charge in [-0.3, -0.25) is 24.5 Å². The van der Waals surface area contributed by atoms with Crippen molar-refractivity contribution in [3.05, 3.63) is 142 Å². The number of carbonyl (C=O) groups excluding carboxylic acids is 2. The van der Waals surface area contributed by atoms with E-state index in [0.29, 0.717) is 35.9 Å². The van der Waals surface area contributed by atoms with Gasteiger partial charge in [-0.2, -0.15) is 0 Å². The third-order valence-electron chi connectivity index (χ3n) is 11.2. The van der Waals surface area contributed by atoms with Crippen LogP contribution in [0, 0.1) is 20.8 Å². The molecule has 0 aliphatic carbocycles. The number of H-pyrrole nitrogens is 1. The molecule has 5 heterocycles. The maximum atomic E-state index is 13.4. The molecule has 7 rings (SSSR count). The third-order valence-corrected chi connectivity index (χ3v) is 11.2. The summed E-state index contributed by atoms with van der Waals surface area (Å²) in [4.78, 5) is 50.8. The zero-order chi connectivity index (χ0) is 39.2. The summed E-state index contributed by atoms with van der Waals surface area (Å²) in [6.45, 7) is 12.5. The van der Waals surface area contributed by atoms with Gasteiger partial charge in [0.2, 0.25) is 0 Å². The van der Waals surface area contributed by atoms with Crippen LogP contribution < -0.4 is 10.6 Å². The summed E-state index contributed by atoms with van der Waals surface area (Å²) in [5.41, 5.74) is 11.4. The number of likely N-dealkylation sites (tertiary alicyclic amines) is 1. The number of piperidine rings is 1. The average molecular weight is 749 g/mol. The predicted octanol–water partition coefficient (Wildman–Crippen LogP) is 8.87. The number of rotatable bonds is 13. The number of aromatic amines is 1. The van der Waals surface area contributed by atoms with Crippen LogP contribution in [0.5, 0.6) is 0 Å². The first-order valence-corrected chi connectivity index (χ1v) is 19.9. The molecule has 0 unspecified atom stereocenters. The number of hydrogen-bond donors (Lipinski definition) is 3. The molecule has 1 aliphatic heterocycles. The van der Waals surface area contributed by atoms with Gasteiger partial charge in [0.15, 0.2) is 0 Å². The van der Waals surface area contributed by atoms with Crippen LogP contribution in [0.4, 0.5) is 0 Å². The van der Waals surface area contributed by atoms with E-state index in [2.05, 4.69) is 76.4 Å². The lowest BCUT2D eigenvalue weighted by molar-refractivity contribution is 0.0740. The van der Waals surface area contributed by atoms with E-state index >= 15 is 0 Å². The highest BCUT2D eigenvalue weighted by Gasteiger charge is 2.35. The molecule has 1 saturated heterocycles. The van der Waals surface area contributed by atoms with Crippen molar-refractivity contribution in [1.29, 1.82) is 0 Å². The van der Waals surface area contributed by atoms with Crippen molar-refractivity contribution in [2.24, 2.45) is 0 Å². The second kappa shape index (κ2) is 17.4. The summed E-state index contributed by atoms with van der Waals surface area (Å²) in [6, 6.07) is 24.5. The van der Waals surface area contributed by atoms with Crippen LogP contribution in [0.25, 0.3) is 22.3 Å². The smallest absolute Gasteiger partial charge is 0.267 e. The van der Waals surface area contributed by atoms with Gasteiger partial charge in [0, 0.05) is 42.0 Å². The van der Waals surface area contributed by atoms with Crippen molar-refractivity contribution < 1.29 is 9.59 Å². The number of aryl methyl sites for hydroxylation is 3. The van der Waals surface area contributed by atoms with Crippen molar-refractivity contribution in [2.75, 3.05) is 13.1 Å². The van der Waals surface area contributed by atoms with Gasteiger partial charge in [0.05, 0.1) is 29.2 Å². The topological polar surface area (TPSA) is 129 Å². The number of hydrogen-bond acceptors (Lipinski definition) is 7. The Bertz CT molecular complexity index is 2260. The molecular formula is C46H52N8O2.